The van der Waals surface area contributed by atoms with Crippen molar-refractivity contribution in [3.8, 4) is 0 Å². The van der Waals surface area contributed by atoms with Gasteiger partial charge in [0.15, 0.2) is 0 Å². The smallest absolute Gasteiger partial charge is 1.00 e. The zero-order chi connectivity index (χ0) is 14.4. The van der Waals surface area contributed by atoms with E-state index in [1.807, 2.05) is 0 Å². The summed E-state index contributed by atoms with van der Waals surface area (Å²) in [6.07, 6.45) is -6.59. The third-order valence-electron chi connectivity index (χ3n) is 1.86. The Morgan fingerprint density at radius 3 is 1.68 bits per heavy atom. The van der Waals surface area contributed by atoms with E-state index in [0.29, 0.717) is 0 Å². The number of aromatic amines is 1. The first kappa shape index (κ1) is 19.1. The number of rotatable bonds is 3. The number of hydrogen-bond donors (Lipinski definition) is 1. The Morgan fingerprint density at radius 1 is 0.895 bits per heavy atom. The van der Waals surface area contributed by atoms with Crippen LogP contribution in [-0.2, 0) is 5.92 Å². The van der Waals surface area contributed by atoms with Gasteiger partial charge < -0.3 is 1.43 Å². The van der Waals surface area contributed by atoms with Crippen molar-refractivity contribution in [2.75, 3.05) is 0 Å². The molecule has 0 fully saturated rings. The van der Waals surface area contributed by atoms with E-state index in [1.54, 1.807) is 0 Å². The Morgan fingerprint density at radius 2 is 1.37 bits per heavy atom. The van der Waals surface area contributed by atoms with Crippen LogP contribution in [0.15, 0.2) is 6.33 Å². The van der Waals surface area contributed by atoms with Gasteiger partial charge in [-0.1, -0.05) is 0 Å². The molecule has 0 atom stereocenters. The molecule has 1 aromatic rings. The predicted octanol–water partition coefficient (Wildman–Crippen LogP) is -0.154. The SMILES string of the molecule is FC(F)(F)C(F)(F)C(F)(F)C(F)(F)c1ncn[nH]1.[H-].[K+]. The molecule has 0 amide bonds. The normalized spacial score (nSPS) is 14.2. The van der Waals surface area contributed by atoms with Gasteiger partial charge in [-0.15, -0.1) is 0 Å². The summed E-state index contributed by atoms with van der Waals surface area (Å²) in [7, 11) is 0. The van der Waals surface area contributed by atoms with E-state index < -0.39 is 29.8 Å². The number of H-pyrrole nitrogens is 1. The van der Waals surface area contributed by atoms with Crippen LogP contribution >= 0.6 is 0 Å². The molecule has 0 aromatic carbocycles. The molecule has 106 valence electrons. The average Bonchev–Trinajstić information content (AvgIpc) is 2.68. The van der Waals surface area contributed by atoms with Crippen LogP contribution in [0.2, 0.25) is 0 Å². The minimum atomic E-state index is -6.93. The molecule has 0 aliphatic heterocycles. The molecule has 0 aliphatic carbocycles. The Balaban J connectivity index is 0. The van der Waals surface area contributed by atoms with Crippen molar-refractivity contribution in [3.05, 3.63) is 12.2 Å². The molecule has 0 saturated carbocycles. The number of nitrogens with one attached hydrogen (secondary N) is 1. The summed E-state index contributed by atoms with van der Waals surface area (Å²) in [4.78, 5) is 2.45. The zero-order valence-corrected chi connectivity index (χ0v) is 12.0. The van der Waals surface area contributed by atoms with Gasteiger partial charge in [-0.3, -0.25) is 5.10 Å². The van der Waals surface area contributed by atoms with Crippen molar-refractivity contribution < 1.29 is 92.3 Å². The van der Waals surface area contributed by atoms with Crippen LogP contribution in [-0.4, -0.2) is 33.2 Å². The van der Waals surface area contributed by atoms with Gasteiger partial charge in [0.2, 0.25) is 5.82 Å². The fourth-order valence-corrected chi connectivity index (χ4v) is 0.881. The third-order valence-corrected chi connectivity index (χ3v) is 1.86. The van der Waals surface area contributed by atoms with Crippen molar-refractivity contribution in [3.63, 3.8) is 0 Å². The third kappa shape index (κ3) is 2.94. The fourth-order valence-electron chi connectivity index (χ4n) is 0.881. The van der Waals surface area contributed by atoms with Gasteiger partial charge in [0.1, 0.15) is 6.33 Å². The summed E-state index contributed by atoms with van der Waals surface area (Å²) >= 11 is 0. The van der Waals surface area contributed by atoms with E-state index in [1.165, 1.54) is 0 Å². The topological polar surface area (TPSA) is 41.6 Å². The quantitative estimate of drug-likeness (QED) is 0.620. The van der Waals surface area contributed by atoms with Crippen LogP contribution in [0, 0.1) is 0 Å². The maximum absolute atomic E-state index is 12.9. The molecule has 0 saturated heterocycles. The fraction of sp³-hybridized carbons (Fsp3) is 0.667. The number of aromatic nitrogens is 3. The number of halogens is 9. The van der Waals surface area contributed by atoms with E-state index >= 15 is 0 Å². The molecule has 0 unspecified atom stereocenters. The molecule has 1 heterocycles. The Kier molecular flexibility index (Phi) is 5.54. The zero-order valence-electron chi connectivity index (χ0n) is 9.87. The van der Waals surface area contributed by atoms with Gasteiger partial charge in [0.05, 0.1) is 0 Å². The maximum Gasteiger partial charge on any atom is 1.00 e. The second-order valence-corrected chi connectivity index (χ2v) is 3.06. The summed E-state index contributed by atoms with van der Waals surface area (Å²) in [6.45, 7) is 0. The second-order valence-electron chi connectivity index (χ2n) is 3.06. The van der Waals surface area contributed by atoms with Crippen molar-refractivity contribution in [1.29, 1.82) is 0 Å². The monoisotopic (exact) mass is 327 g/mol. The minimum absolute atomic E-state index is 0. The molecular formula is C6H3F9KN3. The largest absolute Gasteiger partial charge is 1.00 e. The summed E-state index contributed by atoms with van der Waals surface area (Å²) in [6, 6.07) is 0. The molecule has 1 rings (SSSR count). The van der Waals surface area contributed by atoms with Gasteiger partial charge in [-0.2, -0.15) is 44.6 Å². The first-order valence-electron chi connectivity index (χ1n) is 3.91. The Hall–Kier alpha value is 0.146. The number of hydrogen-bond acceptors (Lipinski definition) is 2. The van der Waals surface area contributed by atoms with E-state index in [9.17, 15) is 39.5 Å². The summed E-state index contributed by atoms with van der Waals surface area (Å²) in [5, 5.41) is 3.79. The molecule has 13 heteroatoms. The number of nitrogens with zero attached hydrogens (tertiary/aromatic N) is 2. The van der Waals surface area contributed by atoms with E-state index in [2.05, 4.69) is 10.1 Å². The molecule has 0 spiro atoms. The predicted molar refractivity (Wildman–Crippen MR) is 37.3 cm³/mol. The molecule has 19 heavy (non-hydrogen) atoms. The van der Waals surface area contributed by atoms with Gasteiger partial charge in [-0.05, 0) is 0 Å². The van der Waals surface area contributed by atoms with Crippen molar-refractivity contribution in [2.24, 2.45) is 0 Å². The molecule has 0 bridgehead atoms. The van der Waals surface area contributed by atoms with Crippen LogP contribution in [0.3, 0.4) is 0 Å². The standard InChI is InChI=1S/C6H2F9N3.K.H/c7-3(8,2-16-1-17-18-2)4(9,10)5(11,12)6(13,14)15;;/h1H,(H,16,17,18);;/q;+1;-1. The Bertz CT molecular complexity index is 418. The van der Waals surface area contributed by atoms with Gasteiger partial charge in [0, 0.05) is 0 Å². The molecular weight excluding hydrogens is 324 g/mol. The van der Waals surface area contributed by atoms with Crippen LogP contribution < -0.4 is 51.4 Å². The van der Waals surface area contributed by atoms with Crippen molar-refractivity contribution >= 4 is 0 Å². The average molecular weight is 327 g/mol. The first-order chi connectivity index (χ1) is 7.86. The molecule has 0 radical (unpaired) electrons. The Labute approximate surface area is 142 Å². The van der Waals surface area contributed by atoms with Gasteiger partial charge >= 0.3 is 75.3 Å². The van der Waals surface area contributed by atoms with Gasteiger partial charge in [-0.25, -0.2) is 4.98 Å². The summed E-state index contributed by atoms with van der Waals surface area (Å²) in [5.41, 5.74) is 0. The first-order valence-corrected chi connectivity index (χ1v) is 3.91. The summed E-state index contributed by atoms with van der Waals surface area (Å²) < 4.78 is 111. The van der Waals surface area contributed by atoms with E-state index in [-0.39, 0.29) is 59.1 Å². The molecule has 1 N–H and O–H groups in total. The van der Waals surface area contributed by atoms with E-state index in [0.717, 1.165) is 5.10 Å². The second kappa shape index (κ2) is 5.50. The maximum atomic E-state index is 12.9. The number of alkyl halides is 9. The van der Waals surface area contributed by atoms with Crippen LogP contribution in [0.4, 0.5) is 39.5 Å². The van der Waals surface area contributed by atoms with Crippen LogP contribution in [0.25, 0.3) is 0 Å². The van der Waals surface area contributed by atoms with Crippen molar-refractivity contribution in [2.45, 2.75) is 23.9 Å². The van der Waals surface area contributed by atoms with Gasteiger partial charge in [0.25, 0.3) is 0 Å². The minimum Gasteiger partial charge on any atom is -1.00 e. The summed E-state index contributed by atoms with van der Waals surface area (Å²) in [5.74, 6) is -21.6. The molecule has 0 aliphatic rings. The van der Waals surface area contributed by atoms with E-state index in [4.69, 9.17) is 0 Å². The van der Waals surface area contributed by atoms with Crippen molar-refractivity contribution in [1.82, 2.24) is 15.2 Å². The molecule has 1 aromatic heterocycles. The molecule has 3 nitrogen and oxygen atoms in total. The van der Waals surface area contributed by atoms with Crippen LogP contribution in [0.5, 0.6) is 0 Å². The van der Waals surface area contributed by atoms with Crippen LogP contribution in [0.1, 0.15) is 7.25 Å².